The lowest BCUT2D eigenvalue weighted by Gasteiger charge is -2.09. The van der Waals surface area contributed by atoms with Crippen molar-refractivity contribution in [3.8, 4) is 17.6 Å². The summed E-state index contributed by atoms with van der Waals surface area (Å²) in [5, 5.41) is 12.3. The summed E-state index contributed by atoms with van der Waals surface area (Å²) < 4.78 is 10.2. The summed E-state index contributed by atoms with van der Waals surface area (Å²) in [4.78, 5) is 0. The lowest BCUT2D eigenvalue weighted by molar-refractivity contribution is 0.413. The number of nitriles is 1. The van der Waals surface area contributed by atoms with Crippen LogP contribution in [0, 0.1) is 11.3 Å². The van der Waals surface area contributed by atoms with E-state index in [2.05, 4.69) is 11.4 Å². The number of nitrogens with one attached hydrogen (secondary N) is 1. The Bertz CT molecular complexity index is 615. The van der Waals surface area contributed by atoms with Gasteiger partial charge in [-0.25, -0.2) is 0 Å². The first kappa shape index (κ1) is 13.8. The quantitative estimate of drug-likeness (QED) is 0.904. The Balaban J connectivity index is 2.05. The Labute approximate surface area is 118 Å². The number of hydrogen-bond donors (Lipinski definition) is 1. The summed E-state index contributed by atoms with van der Waals surface area (Å²) in [6, 6.07) is 15.4. The predicted octanol–water partition coefficient (Wildman–Crippen LogP) is 3.19. The van der Waals surface area contributed by atoms with E-state index in [1.807, 2.05) is 42.5 Å². The van der Waals surface area contributed by atoms with Crippen LogP contribution in [0.15, 0.2) is 42.5 Å². The van der Waals surface area contributed by atoms with Gasteiger partial charge in [0, 0.05) is 12.2 Å². The fraction of sp³-hybridized carbons (Fsp3) is 0.188. The molecule has 102 valence electrons. The molecule has 4 nitrogen and oxygen atoms in total. The zero-order valence-electron chi connectivity index (χ0n) is 11.5. The van der Waals surface area contributed by atoms with Crippen LogP contribution in [-0.4, -0.2) is 14.2 Å². The number of anilines is 1. The lowest BCUT2D eigenvalue weighted by atomic mass is 10.1. The van der Waals surface area contributed by atoms with Crippen LogP contribution >= 0.6 is 0 Å². The van der Waals surface area contributed by atoms with Gasteiger partial charge < -0.3 is 14.8 Å². The maximum atomic E-state index is 9.05. The number of ether oxygens (including phenoxy) is 2. The fourth-order valence-corrected chi connectivity index (χ4v) is 1.87. The van der Waals surface area contributed by atoms with Gasteiger partial charge in [-0.3, -0.25) is 0 Å². The molecule has 0 saturated carbocycles. The van der Waals surface area contributed by atoms with Crippen molar-refractivity contribution in [2.24, 2.45) is 0 Å². The van der Waals surface area contributed by atoms with Gasteiger partial charge in [0.25, 0.3) is 0 Å². The van der Waals surface area contributed by atoms with E-state index >= 15 is 0 Å². The largest absolute Gasteiger partial charge is 0.497 e. The van der Waals surface area contributed by atoms with Crippen LogP contribution < -0.4 is 14.8 Å². The minimum Gasteiger partial charge on any atom is -0.497 e. The molecular formula is C16H16N2O2. The van der Waals surface area contributed by atoms with Crippen molar-refractivity contribution in [2.75, 3.05) is 19.5 Å². The lowest BCUT2D eigenvalue weighted by Crippen LogP contribution is -2.00. The van der Waals surface area contributed by atoms with E-state index in [0.29, 0.717) is 17.9 Å². The third-order valence-electron chi connectivity index (χ3n) is 2.97. The molecule has 4 heteroatoms. The number of benzene rings is 2. The average Bonchev–Trinajstić information content (AvgIpc) is 2.53. The molecule has 0 atom stereocenters. The Kier molecular flexibility index (Phi) is 4.46. The molecule has 0 unspecified atom stereocenters. The predicted molar refractivity (Wildman–Crippen MR) is 78.0 cm³/mol. The molecule has 2 rings (SSSR count). The van der Waals surface area contributed by atoms with Gasteiger partial charge in [0.15, 0.2) is 0 Å². The molecule has 0 aromatic heterocycles. The molecule has 1 N–H and O–H groups in total. The van der Waals surface area contributed by atoms with Crippen molar-refractivity contribution >= 4 is 5.69 Å². The topological polar surface area (TPSA) is 54.3 Å². The minimum absolute atomic E-state index is 0.543. The Morgan fingerprint density at radius 1 is 1.05 bits per heavy atom. The fourth-order valence-electron chi connectivity index (χ4n) is 1.87. The SMILES string of the molecule is COc1ccc(NCc2ccc(OC)c(C#N)c2)cc1. The first-order chi connectivity index (χ1) is 9.76. The van der Waals surface area contributed by atoms with E-state index in [-0.39, 0.29) is 0 Å². The molecule has 2 aromatic rings. The number of methoxy groups -OCH3 is 2. The molecule has 0 aliphatic carbocycles. The van der Waals surface area contributed by atoms with Gasteiger partial charge in [-0.2, -0.15) is 5.26 Å². The normalized spacial score (nSPS) is 9.65. The van der Waals surface area contributed by atoms with Crippen molar-refractivity contribution in [3.05, 3.63) is 53.6 Å². The maximum Gasteiger partial charge on any atom is 0.136 e. The molecule has 0 aliphatic heterocycles. The van der Waals surface area contributed by atoms with Gasteiger partial charge in [0.1, 0.15) is 17.6 Å². The van der Waals surface area contributed by atoms with E-state index in [9.17, 15) is 0 Å². The Hall–Kier alpha value is -2.67. The number of hydrogen-bond acceptors (Lipinski definition) is 4. The van der Waals surface area contributed by atoms with Crippen LogP contribution in [0.25, 0.3) is 0 Å². The van der Waals surface area contributed by atoms with Crippen LogP contribution in [0.5, 0.6) is 11.5 Å². The van der Waals surface area contributed by atoms with E-state index in [0.717, 1.165) is 17.0 Å². The van der Waals surface area contributed by atoms with E-state index < -0.39 is 0 Å². The van der Waals surface area contributed by atoms with Crippen molar-refractivity contribution < 1.29 is 9.47 Å². The monoisotopic (exact) mass is 268 g/mol. The number of nitrogens with zero attached hydrogens (tertiary/aromatic N) is 1. The van der Waals surface area contributed by atoms with Crippen LogP contribution in [0.2, 0.25) is 0 Å². The van der Waals surface area contributed by atoms with Crippen LogP contribution in [0.3, 0.4) is 0 Å². The Morgan fingerprint density at radius 3 is 2.40 bits per heavy atom. The standard InChI is InChI=1S/C16H16N2O2/c1-19-15-6-4-14(5-7-15)18-11-12-3-8-16(20-2)13(9-12)10-17/h3-9,18H,11H2,1-2H3. The van der Waals surface area contributed by atoms with Crippen molar-refractivity contribution in [1.29, 1.82) is 5.26 Å². The van der Waals surface area contributed by atoms with Crippen molar-refractivity contribution in [3.63, 3.8) is 0 Å². The smallest absolute Gasteiger partial charge is 0.136 e. The van der Waals surface area contributed by atoms with Gasteiger partial charge in [-0.05, 0) is 42.0 Å². The zero-order chi connectivity index (χ0) is 14.4. The highest BCUT2D eigenvalue weighted by molar-refractivity contribution is 5.49. The molecule has 2 aromatic carbocycles. The molecule has 0 spiro atoms. The summed E-state index contributed by atoms with van der Waals surface area (Å²) in [5.41, 5.74) is 2.57. The van der Waals surface area contributed by atoms with E-state index in [1.54, 1.807) is 14.2 Å². The molecule has 20 heavy (non-hydrogen) atoms. The molecule has 0 amide bonds. The molecule has 0 aliphatic rings. The van der Waals surface area contributed by atoms with Crippen molar-refractivity contribution in [1.82, 2.24) is 0 Å². The second-order valence-corrected chi connectivity index (χ2v) is 4.23. The van der Waals surface area contributed by atoms with E-state index in [4.69, 9.17) is 14.7 Å². The second-order valence-electron chi connectivity index (χ2n) is 4.23. The van der Waals surface area contributed by atoms with Crippen LogP contribution in [-0.2, 0) is 6.54 Å². The van der Waals surface area contributed by atoms with Gasteiger partial charge in [0.2, 0.25) is 0 Å². The first-order valence-electron chi connectivity index (χ1n) is 6.21. The second kappa shape index (κ2) is 6.48. The zero-order valence-corrected chi connectivity index (χ0v) is 11.5. The van der Waals surface area contributed by atoms with Crippen LogP contribution in [0.1, 0.15) is 11.1 Å². The maximum absolute atomic E-state index is 9.05. The first-order valence-corrected chi connectivity index (χ1v) is 6.21. The molecule has 0 saturated heterocycles. The van der Waals surface area contributed by atoms with Crippen molar-refractivity contribution in [2.45, 2.75) is 6.54 Å². The highest BCUT2D eigenvalue weighted by Gasteiger charge is 2.03. The Morgan fingerprint density at radius 2 is 1.80 bits per heavy atom. The minimum atomic E-state index is 0.543. The average molecular weight is 268 g/mol. The van der Waals surface area contributed by atoms with E-state index in [1.165, 1.54) is 0 Å². The summed E-state index contributed by atoms with van der Waals surface area (Å²) >= 11 is 0. The third-order valence-corrected chi connectivity index (χ3v) is 2.97. The van der Waals surface area contributed by atoms with Gasteiger partial charge in [-0.15, -0.1) is 0 Å². The molecule has 0 radical (unpaired) electrons. The summed E-state index contributed by atoms with van der Waals surface area (Å²) in [7, 11) is 3.20. The van der Waals surface area contributed by atoms with Gasteiger partial charge >= 0.3 is 0 Å². The third kappa shape index (κ3) is 3.21. The number of rotatable bonds is 5. The summed E-state index contributed by atoms with van der Waals surface area (Å²) in [5.74, 6) is 1.42. The van der Waals surface area contributed by atoms with Gasteiger partial charge in [-0.1, -0.05) is 6.07 Å². The van der Waals surface area contributed by atoms with Crippen LogP contribution in [0.4, 0.5) is 5.69 Å². The highest BCUT2D eigenvalue weighted by Crippen LogP contribution is 2.20. The summed E-state index contributed by atoms with van der Waals surface area (Å²) in [6.45, 7) is 0.644. The molecule has 0 heterocycles. The van der Waals surface area contributed by atoms with Gasteiger partial charge in [0.05, 0.1) is 19.8 Å². The molecular weight excluding hydrogens is 252 g/mol. The highest BCUT2D eigenvalue weighted by atomic mass is 16.5. The molecule has 0 bridgehead atoms. The summed E-state index contributed by atoms with van der Waals surface area (Å²) in [6.07, 6.45) is 0. The molecule has 0 fully saturated rings.